The van der Waals surface area contributed by atoms with Gasteiger partial charge < -0.3 is 24.6 Å². The molecule has 1 fully saturated rings. The van der Waals surface area contributed by atoms with Gasteiger partial charge in [-0.1, -0.05) is 6.07 Å². The highest BCUT2D eigenvalue weighted by molar-refractivity contribution is 7.80. The van der Waals surface area contributed by atoms with E-state index in [9.17, 15) is 4.39 Å². The zero-order chi connectivity index (χ0) is 19.5. The average Bonchev–Trinajstić information content (AvgIpc) is 3.16. The van der Waals surface area contributed by atoms with E-state index in [2.05, 4.69) is 28.2 Å². The molecule has 7 heteroatoms. The van der Waals surface area contributed by atoms with E-state index in [0.717, 1.165) is 48.7 Å². The molecule has 0 aliphatic carbocycles. The second kappa shape index (κ2) is 8.32. The Hall–Kier alpha value is -2.38. The number of thiocarbonyl (C=S) groups is 1. The molecule has 0 unspecified atom stereocenters. The van der Waals surface area contributed by atoms with Crippen molar-refractivity contribution in [2.24, 2.45) is 0 Å². The SMILES string of the molecule is CN1CCC(N(Cc2ccc3c(c2)OCO3)C(=S)Nc2ccc(F)cc2)CC1. The molecule has 28 heavy (non-hydrogen) atoms. The number of fused-ring (bicyclic) bond motifs is 1. The number of nitrogens with zero attached hydrogens (tertiary/aromatic N) is 2. The van der Waals surface area contributed by atoms with Gasteiger partial charge in [0.15, 0.2) is 16.6 Å². The van der Waals surface area contributed by atoms with Crippen LogP contribution < -0.4 is 14.8 Å². The van der Waals surface area contributed by atoms with Crippen LogP contribution >= 0.6 is 12.2 Å². The maximum absolute atomic E-state index is 13.2. The van der Waals surface area contributed by atoms with Gasteiger partial charge in [0.2, 0.25) is 6.79 Å². The number of benzene rings is 2. The zero-order valence-corrected chi connectivity index (χ0v) is 16.7. The van der Waals surface area contributed by atoms with Crippen molar-refractivity contribution in [2.45, 2.75) is 25.4 Å². The summed E-state index contributed by atoms with van der Waals surface area (Å²) in [5.74, 6) is 1.30. The number of nitrogens with one attached hydrogen (secondary N) is 1. The van der Waals surface area contributed by atoms with Crippen molar-refractivity contribution in [2.75, 3.05) is 32.2 Å². The van der Waals surface area contributed by atoms with Crippen LogP contribution in [0.3, 0.4) is 0 Å². The molecule has 0 radical (unpaired) electrons. The standard InChI is InChI=1S/C21H24FN3O2S/c1-24-10-8-18(9-11-24)25(21(28)23-17-5-3-16(22)4-6-17)13-15-2-7-19-20(12-15)27-14-26-19/h2-7,12,18H,8-11,13-14H2,1H3,(H,23,28). The van der Waals surface area contributed by atoms with Crippen LogP contribution in [0.1, 0.15) is 18.4 Å². The lowest BCUT2D eigenvalue weighted by molar-refractivity contribution is 0.172. The van der Waals surface area contributed by atoms with Gasteiger partial charge >= 0.3 is 0 Å². The van der Waals surface area contributed by atoms with Crippen LogP contribution in [0, 0.1) is 5.82 Å². The van der Waals surface area contributed by atoms with Crippen LogP contribution in [0.25, 0.3) is 0 Å². The third kappa shape index (κ3) is 4.36. The largest absolute Gasteiger partial charge is 0.454 e. The number of rotatable bonds is 4. The number of anilines is 1. The number of likely N-dealkylation sites (tertiary alicyclic amines) is 1. The summed E-state index contributed by atoms with van der Waals surface area (Å²) in [6.07, 6.45) is 2.10. The fourth-order valence-electron chi connectivity index (χ4n) is 3.64. The van der Waals surface area contributed by atoms with Crippen LogP contribution in [0.5, 0.6) is 11.5 Å². The van der Waals surface area contributed by atoms with Gasteiger partial charge in [0.1, 0.15) is 5.82 Å². The minimum Gasteiger partial charge on any atom is -0.454 e. The number of hydrogen-bond donors (Lipinski definition) is 1. The van der Waals surface area contributed by atoms with E-state index < -0.39 is 0 Å². The topological polar surface area (TPSA) is 37.0 Å². The Morgan fingerprint density at radius 1 is 1.14 bits per heavy atom. The van der Waals surface area contributed by atoms with E-state index in [1.807, 2.05) is 12.1 Å². The van der Waals surface area contributed by atoms with Crippen molar-refractivity contribution >= 4 is 23.0 Å². The molecule has 0 aromatic heterocycles. The lowest BCUT2D eigenvalue weighted by Gasteiger charge is -2.39. The van der Waals surface area contributed by atoms with Crippen molar-refractivity contribution in [1.29, 1.82) is 0 Å². The van der Waals surface area contributed by atoms with Crippen LogP contribution in [-0.2, 0) is 6.54 Å². The second-order valence-corrected chi connectivity index (χ2v) is 7.67. The molecule has 0 saturated carbocycles. The summed E-state index contributed by atoms with van der Waals surface area (Å²) in [5, 5.41) is 3.92. The predicted octanol–water partition coefficient (Wildman–Crippen LogP) is 3.85. The highest BCUT2D eigenvalue weighted by Crippen LogP contribution is 2.33. The summed E-state index contributed by atoms with van der Waals surface area (Å²) in [7, 11) is 2.15. The first kappa shape index (κ1) is 19.0. The molecule has 0 atom stereocenters. The first-order valence-corrected chi connectivity index (χ1v) is 9.89. The molecule has 4 rings (SSSR count). The zero-order valence-electron chi connectivity index (χ0n) is 15.9. The summed E-state index contributed by atoms with van der Waals surface area (Å²) < 4.78 is 24.1. The van der Waals surface area contributed by atoms with Crippen molar-refractivity contribution in [3.63, 3.8) is 0 Å². The molecule has 0 bridgehead atoms. The van der Waals surface area contributed by atoms with Crippen molar-refractivity contribution in [1.82, 2.24) is 9.80 Å². The number of ether oxygens (including phenoxy) is 2. The smallest absolute Gasteiger partial charge is 0.231 e. The molecular formula is C21H24FN3O2S. The summed E-state index contributed by atoms with van der Waals surface area (Å²) in [6, 6.07) is 12.6. The third-order valence-corrected chi connectivity index (χ3v) is 5.61. The van der Waals surface area contributed by atoms with Gasteiger partial charge in [-0.05, 0) is 87.2 Å². The molecule has 1 N–H and O–H groups in total. The van der Waals surface area contributed by atoms with Gasteiger partial charge in [0.05, 0.1) is 0 Å². The summed E-state index contributed by atoms with van der Waals surface area (Å²) in [6.45, 7) is 3.03. The molecule has 2 aromatic rings. The summed E-state index contributed by atoms with van der Waals surface area (Å²) in [4.78, 5) is 4.58. The first-order valence-electron chi connectivity index (χ1n) is 9.49. The maximum atomic E-state index is 13.2. The normalized spacial score (nSPS) is 16.8. The fourth-order valence-corrected chi connectivity index (χ4v) is 3.97. The maximum Gasteiger partial charge on any atom is 0.231 e. The Kier molecular flexibility index (Phi) is 5.64. The number of hydrogen-bond acceptors (Lipinski definition) is 4. The van der Waals surface area contributed by atoms with Gasteiger partial charge in [-0.3, -0.25) is 0 Å². The Labute approximate surface area is 170 Å². The first-order chi connectivity index (χ1) is 13.6. The third-order valence-electron chi connectivity index (χ3n) is 5.28. The minimum atomic E-state index is -0.260. The van der Waals surface area contributed by atoms with Crippen LogP contribution in [0.15, 0.2) is 42.5 Å². The Morgan fingerprint density at radius 2 is 1.86 bits per heavy atom. The molecule has 2 aliphatic heterocycles. The Bertz CT molecular complexity index is 838. The van der Waals surface area contributed by atoms with Gasteiger partial charge in [-0.15, -0.1) is 0 Å². The van der Waals surface area contributed by atoms with Crippen molar-refractivity contribution in [3.05, 3.63) is 53.8 Å². The highest BCUT2D eigenvalue weighted by atomic mass is 32.1. The predicted molar refractivity (Wildman–Crippen MR) is 111 cm³/mol. The van der Waals surface area contributed by atoms with Crippen LogP contribution in [0.4, 0.5) is 10.1 Å². The van der Waals surface area contributed by atoms with Crippen molar-refractivity contribution in [3.8, 4) is 11.5 Å². The van der Waals surface area contributed by atoms with Crippen LogP contribution in [-0.4, -0.2) is 47.9 Å². The van der Waals surface area contributed by atoms with Gasteiger partial charge in [0.25, 0.3) is 0 Å². The van der Waals surface area contributed by atoms with Gasteiger partial charge in [-0.25, -0.2) is 4.39 Å². The minimum absolute atomic E-state index is 0.260. The molecule has 148 valence electrons. The lowest BCUT2D eigenvalue weighted by atomic mass is 10.0. The Balaban J connectivity index is 1.52. The molecule has 0 spiro atoms. The van der Waals surface area contributed by atoms with E-state index >= 15 is 0 Å². The van der Waals surface area contributed by atoms with Gasteiger partial charge in [-0.2, -0.15) is 0 Å². The monoisotopic (exact) mass is 401 g/mol. The van der Waals surface area contributed by atoms with Crippen molar-refractivity contribution < 1.29 is 13.9 Å². The highest BCUT2D eigenvalue weighted by Gasteiger charge is 2.26. The van der Waals surface area contributed by atoms with Crippen LogP contribution in [0.2, 0.25) is 0 Å². The Morgan fingerprint density at radius 3 is 2.61 bits per heavy atom. The van der Waals surface area contributed by atoms with Gasteiger partial charge in [0, 0.05) is 18.3 Å². The second-order valence-electron chi connectivity index (χ2n) is 7.29. The summed E-state index contributed by atoms with van der Waals surface area (Å²) in [5.41, 5.74) is 1.90. The van der Waals surface area contributed by atoms with E-state index in [1.165, 1.54) is 12.1 Å². The molecule has 2 heterocycles. The van der Waals surface area contributed by atoms with E-state index in [0.29, 0.717) is 17.7 Å². The quantitative estimate of drug-likeness (QED) is 0.785. The molecule has 0 amide bonds. The lowest BCUT2D eigenvalue weighted by Crippen LogP contribution is -2.47. The van der Waals surface area contributed by atoms with E-state index in [4.69, 9.17) is 21.7 Å². The van der Waals surface area contributed by atoms with E-state index in [-0.39, 0.29) is 12.6 Å². The summed E-state index contributed by atoms with van der Waals surface area (Å²) >= 11 is 5.75. The van der Waals surface area contributed by atoms with E-state index in [1.54, 1.807) is 12.1 Å². The molecule has 5 nitrogen and oxygen atoms in total. The fraction of sp³-hybridized carbons (Fsp3) is 0.381. The molecular weight excluding hydrogens is 377 g/mol. The number of halogens is 1. The number of piperidine rings is 1. The molecule has 1 saturated heterocycles. The molecule has 2 aromatic carbocycles. The average molecular weight is 402 g/mol. The molecule has 2 aliphatic rings.